The largest absolute Gasteiger partial charge is 0.497 e. The first kappa shape index (κ1) is 20.0. The zero-order valence-electron chi connectivity index (χ0n) is 17.5. The number of H-pyrrole nitrogens is 1. The summed E-state index contributed by atoms with van der Waals surface area (Å²) in [5.41, 5.74) is 3.67. The molecule has 3 heterocycles. The van der Waals surface area contributed by atoms with Crippen LogP contribution in [0, 0.1) is 6.92 Å². The van der Waals surface area contributed by atoms with Crippen molar-refractivity contribution < 1.29 is 18.8 Å². The average Bonchev–Trinajstić information content (AvgIpc) is 3.42. The monoisotopic (exact) mass is 410 g/mol. The number of piperidine rings is 1. The molecule has 8 nitrogen and oxygen atoms in total. The Morgan fingerprint density at radius 1 is 1.23 bits per heavy atom. The van der Waals surface area contributed by atoms with Gasteiger partial charge in [-0.25, -0.2) is 0 Å². The summed E-state index contributed by atoms with van der Waals surface area (Å²) in [6.07, 6.45) is 3.80. The average molecular weight is 410 g/mol. The van der Waals surface area contributed by atoms with Gasteiger partial charge in [0.25, 0.3) is 0 Å². The predicted octanol–water partition coefficient (Wildman–Crippen LogP) is 3.34. The van der Waals surface area contributed by atoms with Gasteiger partial charge in [0.15, 0.2) is 5.76 Å². The van der Waals surface area contributed by atoms with Crippen LogP contribution in [0.3, 0.4) is 0 Å². The summed E-state index contributed by atoms with van der Waals surface area (Å²) < 4.78 is 16.1. The number of carbonyl (C=O) groups excluding carboxylic acids is 1. The highest BCUT2D eigenvalue weighted by atomic mass is 16.5. The molecule has 0 unspecified atom stereocenters. The lowest BCUT2D eigenvalue weighted by molar-refractivity contribution is -0.131. The minimum absolute atomic E-state index is 0.0932. The van der Waals surface area contributed by atoms with Gasteiger partial charge in [0, 0.05) is 36.3 Å². The molecule has 1 aliphatic heterocycles. The van der Waals surface area contributed by atoms with E-state index < -0.39 is 0 Å². The molecule has 1 saturated heterocycles. The SMILES string of the molecule is COc1ccc(OC)c(CC(=O)N2CCC(c3[nH]ncc3-c3cc(C)no3)CC2)c1. The highest BCUT2D eigenvalue weighted by Crippen LogP contribution is 2.34. The first-order valence-electron chi connectivity index (χ1n) is 10.0. The van der Waals surface area contributed by atoms with Crippen LogP contribution in [-0.4, -0.2) is 53.5 Å². The normalized spacial score (nSPS) is 14.7. The zero-order valence-corrected chi connectivity index (χ0v) is 17.5. The molecule has 1 aromatic carbocycles. The number of rotatable bonds is 6. The number of nitrogens with one attached hydrogen (secondary N) is 1. The van der Waals surface area contributed by atoms with Gasteiger partial charge in [0.2, 0.25) is 5.91 Å². The topological polar surface area (TPSA) is 93.5 Å². The Hall–Kier alpha value is -3.29. The maximum atomic E-state index is 12.9. The van der Waals surface area contributed by atoms with Crippen molar-refractivity contribution in [3.05, 3.63) is 47.4 Å². The van der Waals surface area contributed by atoms with Gasteiger partial charge in [-0.05, 0) is 38.0 Å². The second-order valence-electron chi connectivity index (χ2n) is 7.54. The maximum absolute atomic E-state index is 12.9. The van der Waals surface area contributed by atoms with Crippen molar-refractivity contribution >= 4 is 5.91 Å². The molecular weight excluding hydrogens is 384 g/mol. The first-order chi connectivity index (χ1) is 14.6. The van der Waals surface area contributed by atoms with Crippen LogP contribution in [0.2, 0.25) is 0 Å². The molecule has 8 heteroatoms. The second-order valence-corrected chi connectivity index (χ2v) is 7.54. The lowest BCUT2D eigenvalue weighted by Gasteiger charge is -2.32. The number of nitrogens with zero attached hydrogens (tertiary/aromatic N) is 3. The van der Waals surface area contributed by atoms with Crippen molar-refractivity contribution in [2.75, 3.05) is 27.3 Å². The minimum Gasteiger partial charge on any atom is -0.497 e. The summed E-state index contributed by atoms with van der Waals surface area (Å²) in [6, 6.07) is 7.43. The lowest BCUT2D eigenvalue weighted by atomic mass is 9.90. The quantitative estimate of drug-likeness (QED) is 0.670. The van der Waals surface area contributed by atoms with E-state index in [2.05, 4.69) is 15.4 Å². The van der Waals surface area contributed by atoms with Crippen LogP contribution in [0.1, 0.15) is 35.7 Å². The number of aromatic nitrogens is 3. The number of aryl methyl sites for hydroxylation is 1. The fraction of sp³-hybridized carbons (Fsp3) is 0.409. The Bertz CT molecular complexity index is 1020. The number of ether oxygens (including phenoxy) is 2. The number of methoxy groups -OCH3 is 2. The van der Waals surface area contributed by atoms with E-state index in [1.54, 1.807) is 20.4 Å². The van der Waals surface area contributed by atoms with Crippen molar-refractivity contribution in [1.29, 1.82) is 0 Å². The summed E-state index contributed by atoms with van der Waals surface area (Å²) in [6.45, 7) is 3.29. The van der Waals surface area contributed by atoms with Gasteiger partial charge in [0.1, 0.15) is 11.5 Å². The Morgan fingerprint density at radius 3 is 2.70 bits per heavy atom. The van der Waals surface area contributed by atoms with Gasteiger partial charge < -0.3 is 18.9 Å². The number of likely N-dealkylation sites (tertiary alicyclic amines) is 1. The van der Waals surface area contributed by atoms with Crippen LogP contribution in [0.4, 0.5) is 0 Å². The summed E-state index contributed by atoms with van der Waals surface area (Å²) in [5, 5.41) is 11.3. The van der Waals surface area contributed by atoms with E-state index in [0.29, 0.717) is 30.5 Å². The van der Waals surface area contributed by atoms with E-state index in [-0.39, 0.29) is 12.3 Å². The van der Waals surface area contributed by atoms with E-state index in [9.17, 15) is 4.79 Å². The molecule has 158 valence electrons. The van der Waals surface area contributed by atoms with E-state index >= 15 is 0 Å². The molecule has 3 aromatic rings. The number of aromatic amines is 1. The van der Waals surface area contributed by atoms with Crippen LogP contribution < -0.4 is 9.47 Å². The van der Waals surface area contributed by atoms with Crippen LogP contribution in [0.5, 0.6) is 11.5 Å². The molecule has 4 rings (SSSR count). The summed E-state index contributed by atoms with van der Waals surface area (Å²) in [4.78, 5) is 14.8. The number of hydrogen-bond donors (Lipinski definition) is 1. The number of hydrogen-bond acceptors (Lipinski definition) is 6. The molecule has 30 heavy (non-hydrogen) atoms. The highest BCUT2D eigenvalue weighted by Gasteiger charge is 2.28. The van der Waals surface area contributed by atoms with Crippen molar-refractivity contribution in [1.82, 2.24) is 20.3 Å². The summed E-state index contributed by atoms with van der Waals surface area (Å²) in [5.74, 6) is 2.52. The second kappa shape index (κ2) is 8.61. The van der Waals surface area contributed by atoms with E-state index in [0.717, 1.165) is 41.1 Å². The summed E-state index contributed by atoms with van der Waals surface area (Å²) >= 11 is 0. The standard InChI is InChI=1S/C22H26N4O4/c1-14-10-20(30-25-14)18-13-23-24-22(18)15-6-8-26(9-7-15)21(27)12-16-11-17(28-2)4-5-19(16)29-3/h4-5,10-11,13,15H,6-9,12H2,1-3H3,(H,23,24). The molecule has 0 saturated carbocycles. The van der Waals surface area contributed by atoms with Crippen molar-refractivity contribution in [2.45, 2.75) is 32.1 Å². The van der Waals surface area contributed by atoms with Crippen molar-refractivity contribution in [2.24, 2.45) is 0 Å². The Kier molecular flexibility index (Phi) is 5.74. The zero-order chi connectivity index (χ0) is 21.1. The highest BCUT2D eigenvalue weighted by molar-refractivity contribution is 5.80. The third-order valence-electron chi connectivity index (χ3n) is 5.65. The molecule has 0 aliphatic carbocycles. The fourth-order valence-corrected chi connectivity index (χ4v) is 4.01. The van der Waals surface area contributed by atoms with Gasteiger partial charge in [-0.15, -0.1) is 0 Å². The molecule has 0 spiro atoms. The van der Waals surface area contributed by atoms with Crippen LogP contribution in [0.15, 0.2) is 35.0 Å². The minimum atomic E-state index is 0.0932. The van der Waals surface area contributed by atoms with E-state index in [4.69, 9.17) is 14.0 Å². The molecule has 1 aliphatic rings. The van der Waals surface area contributed by atoms with E-state index in [1.807, 2.05) is 36.1 Å². The van der Waals surface area contributed by atoms with Crippen LogP contribution >= 0.6 is 0 Å². The molecule has 1 fully saturated rings. The van der Waals surface area contributed by atoms with Gasteiger partial charge in [0.05, 0.1) is 38.1 Å². The van der Waals surface area contributed by atoms with Gasteiger partial charge in [-0.3, -0.25) is 9.89 Å². The van der Waals surface area contributed by atoms with Gasteiger partial charge in [-0.1, -0.05) is 5.16 Å². The molecule has 0 radical (unpaired) electrons. The molecule has 0 atom stereocenters. The Morgan fingerprint density at radius 2 is 2.03 bits per heavy atom. The Labute approximate surface area is 175 Å². The molecule has 2 aromatic heterocycles. The number of amides is 1. The third-order valence-corrected chi connectivity index (χ3v) is 5.65. The lowest BCUT2D eigenvalue weighted by Crippen LogP contribution is -2.39. The molecule has 1 amide bonds. The van der Waals surface area contributed by atoms with Crippen LogP contribution in [-0.2, 0) is 11.2 Å². The first-order valence-corrected chi connectivity index (χ1v) is 10.0. The molecule has 0 bridgehead atoms. The summed E-state index contributed by atoms with van der Waals surface area (Å²) in [7, 11) is 3.22. The third kappa shape index (κ3) is 4.03. The van der Waals surface area contributed by atoms with Crippen molar-refractivity contribution in [3.8, 4) is 22.8 Å². The Balaban J connectivity index is 1.41. The predicted molar refractivity (Wildman–Crippen MR) is 111 cm³/mol. The number of carbonyl (C=O) groups is 1. The van der Waals surface area contributed by atoms with E-state index in [1.165, 1.54) is 0 Å². The smallest absolute Gasteiger partial charge is 0.227 e. The fourth-order valence-electron chi connectivity index (χ4n) is 4.01. The molecule has 1 N–H and O–H groups in total. The van der Waals surface area contributed by atoms with Gasteiger partial charge in [-0.2, -0.15) is 5.10 Å². The molecular formula is C22H26N4O4. The van der Waals surface area contributed by atoms with Crippen LogP contribution in [0.25, 0.3) is 11.3 Å². The van der Waals surface area contributed by atoms with Crippen molar-refractivity contribution in [3.63, 3.8) is 0 Å². The van der Waals surface area contributed by atoms with Gasteiger partial charge >= 0.3 is 0 Å². The maximum Gasteiger partial charge on any atom is 0.227 e. The number of benzene rings is 1.